The highest BCUT2D eigenvalue weighted by molar-refractivity contribution is 4.97. The van der Waals surface area contributed by atoms with E-state index in [-0.39, 0.29) is 0 Å². The molecular weight excluding hydrogens is 276 g/mol. The first-order valence-electron chi connectivity index (χ1n) is 10.7. The van der Waals surface area contributed by atoms with Gasteiger partial charge in [-0.3, -0.25) is 0 Å². The van der Waals surface area contributed by atoms with Crippen molar-refractivity contribution < 1.29 is 0 Å². The Morgan fingerprint density at radius 2 is 1.04 bits per heavy atom. The van der Waals surface area contributed by atoms with Crippen LogP contribution in [0.4, 0.5) is 0 Å². The van der Waals surface area contributed by atoms with Crippen LogP contribution in [0.2, 0.25) is 0 Å². The molecule has 2 aliphatic carbocycles. The molecule has 2 rings (SSSR count). The quantitative estimate of drug-likeness (QED) is 0.431. The van der Waals surface area contributed by atoms with E-state index in [0.29, 0.717) is 5.41 Å². The third-order valence-electron chi connectivity index (χ3n) is 6.88. The van der Waals surface area contributed by atoms with Crippen LogP contribution in [0, 0.1) is 41.9 Å². The van der Waals surface area contributed by atoms with Gasteiger partial charge in [-0.15, -0.1) is 0 Å². The first-order chi connectivity index (χ1) is 11.0. The molecule has 0 amide bonds. The standard InChI is InChI=1S/C23H42/c1-19(2)15-17-23(18-16-20(3)4,21-11-7-5-8-12-21)22-13-9-6-10-14-22/h5-6,19-22H,7-18H2,1-4H3. The molecule has 2 radical (unpaired) electrons. The van der Waals surface area contributed by atoms with Crippen molar-refractivity contribution in [2.75, 3.05) is 0 Å². The molecule has 0 heterocycles. The van der Waals surface area contributed by atoms with E-state index < -0.39 is 0 Å². The first-order valence-corrected chi connectivity index (χ1v) is 10.7. The zero-order valence-corrected chi connectivity index (χ0v) is 16.4. The predicted molar refractivity (Wildman–Crippen MR) is 103 cm³/mol. The van der Waals surface area contributed by atoms with Crippen LogP contribution < -0.4 is 0 Å². The van der Waals surface area contributed by atoms with Gasteiger partial charge >= 0.3 is 0 Å². The van der Waals surface area contributed by atoms with E-state index in [9.17, 15) is 0 Å². The van der Waals surface area contributed by atoms with Gasteiger partial charge in [0.2, 0.25) is 0 Å². The van der Waals surface area contributed by atoms with E-state index in [1.165, 1.54) is 77.0 Å². The molecule has 0 bridgehead atoms. The second-order valence-corrected chi connectivity index (χ2v) is 9.38. The van der Waals surface area contributed by atoms with E-state index in [4.69, 9.17) is 0 Å². The average molecular weight is 319 g/mol. The highest BCUT2D eigenvalue weighted by Crippen LogP contribution is 2.54. The van der Waals surface area contributed by atoms with Crippen LogP contribution in [0.3, 0.4) is 0 Å². The summed E-state index contributed by atoms with van der Waals surface area (Å²) < 4.78 is 0. The van der Waals surface area contributed by atoms with Crippen molar-refractivity contribution in [1.82, 2.24) is 0 Å². The second-order valence-electron chi connectivity index (χ2n) is 9.38. The van der Waals surface area contributed by atoms with Crippen molar-refractivity contribution in [3.05, 3.63) is 12.8 Å². The molecule has 0 heteroatoms. The third kappa shape index (κ3) is 5.50. The van der Waals surface area contributed by atoms with Crippen LogP contribution in [-0.4, -0.2) is 0 Å². The lowest BCUT2D eigenvalue weighted by Gasteiger charge is -2.50. The molecule has 0 atom stereocenters. The molecule has 0 unspecified atom stereocenters. The van der Waals surface area contributed by atoms with Crippen LogP contribution in [0.25, 0.3) is 0 Å². The second kappa shape index (κ2) is 9.47. The Morgan fingerprint density at radius 3 is 1.35 bits per heavy atom. The van der Waals surface area contributed by atoms with Crippen molar-refractivity contribution in [2.45, 2.75) is 105 Å². The van der Waals surface area contributed by atoms with E-state index in [1.807, 2.05) is 0 Å². The first kappa shape index (κ1) is 19.3. The molecule has 0 aromatic carbocycles. The molecule has 0 nitrogen and oxygen atoms in total. The van der Waals surface area contributed by atoms with Gasteiger partial charge in [0.25, 0.3) is 0 Å². The molecule has 2 aliphatic rings. The Labute approximate surface area is 147 Å². The van der Waals surface area contributed by atoms with Gasteiger partial charge in [0.15, 0.2) is 0 Å². The largest absolute Gasteiger partial charge is 0.0628 e. The van der Waals surface area contributed by atoms with Crippen molar-refractivity contribution in [1.29, 1.82) is 0 Å². The number of hydrogen-bond acceptors (Lipinski definition) is 0. The zero-order valence-electron chi connectivity index (χ0n) is 16.4. The third-order valence-corrected chi connectivity index (χ3v) is 6.88. The maximum atomic E-state index is 2.56. The fraction of sp³-hybridized carbons (Fsp3) is 0.913. The Hall–Kier alpha value is 0. The normalized spacial score (nSPS) is 22.2. The van der Waals surface area contributed by atoms with Gasteiger partial charge in [0, 0.05) is 0 Å². The highest BCUT2D eigenvalue weighted by atomic mass is 14.5. The highest BCUT2D eigenvalue weighted by Gasteiger charge is 2.44. The summed E-state index contributed by atoms with van der Waals surface area (Å²) in [5.41, 5.74) is 0.664. The molecule has 0 aromatic rings. The van der Waals surface area contributed by atoms with E-state index in [0.717, 1.165) is 23.7 Å². The molecule has 0 aliphatic heterocycles. The van der Waals surface area contributed by atoms with Gasteiger partial charge in [-0.25, -0.2) is 0 Å². The summed E-state index contributed by atoms with van der Waals surface area (Å²) in [7, 11) is 0. The monoisotopic (exact) mass is 318 g/mol. The molecule has 2 fully saturated rings. The number of hydrogen-bond donors (Lipinski definition) is 0. The van der Waals surface area contributed by atoms with Gasteiger partial charge in [0.1, 0.15) is 0 Å². The minimum absolute atomic E-state index is 0.664. The van der Waals surface area contributed by atoms with E-state index >= 15 is 0 Å². The summed E-state index contributed by atoms with van der Waals surface area (Å²) in [6.45, 7) is 9.71. The molecule has 0 spiro atoms. The van der Waals surface area contributed by atoms with Crippen LogP contribution >= 0.6 is 0 Å². The smallest absolute Gasteiger partial charge is 0.0241 e. The van der Waals surface area contributed by atoms with Crippen LogP contribution in [0.5, 0.6) is 0 Å². The topological polar surface area (TPSA) is 0 Å². The molecule has 23 heavy (non-hydrogen) atoms. The SMILES string of the molecule is CC(C)CCC(CCC(C)C)(C1CC[CH]CC1)C1CC[CH]CC1. The summed E-state index contributed by atoms with van der Waals surface area (Å²) in [4.78, 5) is 0. The van der Waals surface area contributed by atoms with Crippen molar-refractivity contribution >= 4 is 0 Å². The average Bonchev–Trinajstić information content (AvgIpc) is 2.56. The van der Waals surface area contributed by atoms with Gasteiger partial charge in [-0.05, 0) is 106 Å². The lowest BCUT2D eigenvalue weighted by molar-refractivity contribution is 0.00461. The van der Waals surface area contributed by atoms with Gasteiger partial charge in [0.05, 0.1) is 0 Å². The van der Waals surface area contributed by atoms with Crippen LogP contribution in [0.15, 0.2) is 0 Å². The predicted octanol–water partition coefficient (Wildman–Crippen LogP) is 7.63. The Morgan fingerprint density at radius 1 is 0.696 bits per heavy atom. The summed E-state index contributed by atoms with van der Waals surface area (Å²) in [5, 5.41) is 0. The fourth-order valence-corrected chi connectivity index (χ4v) is 5.39. The maximum Gasteiger partial charge on any atom is -0.0241 e. The van der Waals surface area contributed by atoms with Crippen molar-refractivity contribution in [3.8, 4) is 0 Å². The number of rotatable bonds is 8. The molecule has 0 aromatic heterocycles. The molecule has 0 saturated heterocycles. The van der Waals surface area contributed by atoms with Gasteiger partial charge < -0.3 is 0 Å². The van der Waals surface area contributed by atoms with Crippen LogP contribution in [0.1, 0.15) is 105 Å². The molecule has 0 N–H and O–H groups in total. The fourth-order valence-electron chi connectivity index (χ4n) is 5.39. The Bertz CT molecular complexity index is 270. The molecule has 134 valence electrons. The van der Waals surface area contributed by atoms with Gasteiger partial charge in [-0.1, -0.05) is 40.5 Å². The Balaban J connectivity index is 2.20. The Kier molecular flexibility index (Phi) is 7.96. The minimum atomic E-state index is 0.664. The summed E-state index contributed by atoms with van der Waals surface area (Å²) in [6, 6.07) is 0. The summed E-state index contributed by atoms with van der Waals surface area (Å²) >= 11 is 0. The van der Waals surface area contributed by atoms with Crippen molar-refractivity contribution in [3.63, 3.8) is 0 Å². The van der Waals surface area contributed by atoms with Crippen molar-refractivity contribution in [2.24, 2.45) is 29.1 Å². The van der Waals surface area contributed by atoms with Gasteiger partial charge in [-0.2, -0.15) is 0 Å². The lowest BCUT2D eigenvalue weighted by atomic mass is 9.54. The van der Waals surface area contributed by atoms with Crippen LogP contribution in [-0.2, 0) is 0 Å². The molecular formula is C23H42. The van der Waals surface area contributed by atoms with E-state index in [2.05, 4.69) is 40.5 Å². The summed E-state index contributed by atoms with van der Waals surface area (Å²) in [6.07, 6.45) is 22.5. The lowest BCUT2D eigenvalue weighted by Crippen LogP contribution is -2.41. The maximum absolute atomic E-state index is 2.56. The zero-order chi connectivity index (χ0) is 16.7. The minimum Gasteiger partial charge on any atom is -0.0628 e. The summed E-state index contributed by atoms with van der Waals surface area (Å²) in [5.74, 6) is 3.73. The molecule has 2 saturated carbocycles. The van der Waals surface area contributed by atoms with E-state index in [1.54, 1.807) is 0 Å².